The summed E-state index contributed by atoms with van der Waals surface area (Å²) >= 11 is 4.73. The molecule has 9 nitrogen and oxygen atoms in total. The number of nitrogens with zero attached hydrogens (tertiary/aromatic N) is 1. The van der Waals surface area contributed by atoms with Crippen LogP contribution in [0.25, 0.3) is 0 Å². The van der Waals surface area contributed by atoms with Gasteiger partial charge in [0.25, 0.3) is 0 Å². The van der Waals surface area contributed by atoms with Crippen LogP contribution in [0.2, 0.25) is 0 Å². The average Bonchev–Trinajstić information content (AvgIpc) is 3.01. The van der Waals surface area contributed by atoms with Crippen molar-refractivity contribution in [3.05, 3.63) is 64.1 Å². The zero-order valence-electron chi connectivity index (χ0n) is 17.1. The highest BCUT2D eigenvalue weighted by Gasteiger charge is 2.32. The molecule has 0 radical (unpaired) electrons. The van der Waals surface area contributed by atoms with Gasteiger partial charge >= 0.3 is 12.1 Å². The van der Waals surface area contributed by atoms with Gasteiger partial charge < -0.3 is 25.8 Å². The molecule has 11 heteroatoms. The highest BCUT2D eigenvalue weighted by molar-refractivity contribution is 7.80. The maximum absolute atomic E-state index is 14.7. The number of cyclic esters (lactones) is 1. The summed E-state index contributed by atoms with van der Waals surface area (Å²) < 4.78 is 24.8. The van der Waals surface area contributed by atoms with Crippen molar-refractivity contribution in [1.29, 1.82) is 0 Å². The number of amides is 1. The minimum atomic E-state index is -0.684. The van der Waals surface area contributed by atoms with Crippen molar-refractivity contribution in [3.63, 3.8) is 0 Å². The van der Waals surface area contributed by atoms with Crippen LogP contribution in [0.5, 0.6) is 0 Å². The number of esters is 1. The molecule has 3 rings (SSSR count). The van der Waals surface area contributed by atoms with Gasteiger partial charge in [-0.2, -0.15) is 0 Å². The van der Waals surface area contributed by atoms with Crippen LogP contribution in [0.3, 0.4) is 0 Å². The maximum Gasteiger partial charge on any atom is 0.414 e. The molecular formula is C21H21FN4O5S. The second kappa shape index (κ2) is 10.1. The summed E-state index contributed by atoms with van der Waals surface area (Å²) in [7, 11) is 0. The van der Waals surface area contributed by atoms with E-state index in [9.17, 15) is 18.8 Å². The second-order valence-electron chi connectivity index (χ2n) is 6.77. The van der Waals surface area contributed by atoms with Crippen molar-refractivity contribution in [3.8, 4) is 0 Å². The molecule has 1 amide bonds. The first-order valence-electron chi connectivity index (χ1n) is 9.68. The Hall–Kier alpha value is -3.73. The lowest BCUT2D eigenvalue weighted by Gasteiger charge is -2.15. The van der Waals surface area contributed by atoms with E-state index in [1.165, 1.54) is 35.2 Å². The molecule has 4 N–H and O–H groups in total. The lowest BCUT2D eigenvalue weighted by molar-refractivity contribution is 0.0526. The Bertz CT molecular complexity index is 1110. The largest absolute Gasteiger partial charge is 0.462 e. The van der Waals surface area contributed by atoms with Crippen LogP contribution in [-0.2, 0) is 9.47 Å². The van der Waals surface area contributed by atoms with E-state index in [4.69, 9.17) is 27.4 Å². The van der Waals surface area contributed by atoms with E-state index < -0.39 is 29.4 Å². The summed E-state index contributed by atoms with van der Waals surface area (Å²) in [5, 5.41) is 5.52. The van der Waals surface area contributed by atoms with Crippen LogP contribution in [-0.4, -0.2) is 43.0 Å². The van der Waals surface area contributed by atoms with Crippen LogP contribution in [0.1, 0.15) is 17.3 Å². The smallest absolute Gasteiger partial charge is 0.414 e. The predicted molar refractivity (Wildman–Crippen MR) is 121 cm³/mol. The molecule has 168 valence electrons. The number of nitrogens with one attached hydrogen (secondary N) is 2. The van der Waals surface area contributed by atoms with E-state index in [1.54, 1.807) is 6.92 Å². The van der Waals surface area contributed by atoms with Crippen LogP contribution >= 0.6 is 12.2 Å². The molecule has 1 aliphatic heterocycles. The first-order chi connectivity index (χ1) is 15.3. The Kier molecular flexibility index (Phi) is 7.21. The molecule has 0 unspecified atom stereocenters. The SMILES string of the molecule is CCOC(=O)c1cccc(Nc2ccc(N3C[C@H](CNC(N)=S)OC3=O)cc2F)c(=O)c1. The van der Waals surface area contributed by atoms with E-state index in [0.717, 1.165) is 12.1 Å². The van der Waals surface area contributed by atoms with Crippen LogP contribution in [0.15, 0.2) is 47.3 Å². The summed E-state index contributed by atoms with van der Waals surface area (Å²) in [6.07, 6.45) is -1.12. The summed E-state index contributed by atoms with van der Waals surface area (Å²) in [5.74, 6) is -1.31. The van der Waals surface area contributed by atoms with Crippen LogP contribution in [0, 0.1) is 5.82 Å². The normalized spacial score (nSPS) is 15.1. The Morgan fingerprint density at radius 2 is 2.06 bits per heavy atom. The van der Waals surface area contributed by atoms with Gasteiger partial charge in [-0.25, -0.2) is 14.0 Å². The first kappa shape index (κ1) is 22.9. The number of carbonyl (C=O) groups is 2. The molecule has 0 spiro atoms. The highest BCUT2D eigenvalue weighted by atomic mass is 32.1. The molecule has 1 aliphatic rings. The zero-order valence-corrected chi connectivity index (χ0v) is 17.9. The number of carbonyl (C=O) groups excluding carboxylic acids is 2. The third kappa shape index (κ3) is 5.49. The van der Waals surface area contributed by atoms with Crippen molar-refractivity contribution in [2.24, 2.45) is 5.73 Å². The van der Waals surface area contributed by atoms with Gasteiger partial charge in [-0.15, -0.1) is 0 Å². The van der Waals surface area contributed by atoms with Gasteiger partial charge in [-0.05, 0) is 49.5 Å². The molecule has 1 fully saturated rings. The fraction of sp³-hybridized carbons (Fsp3) is 0.238. The van der Waals surface area contributed by atoms with Crippen molar-refractivity contribution in [2.45, 2.75) is 13.0 Å². The van der Waals surface area contributed by atoms with E-state index in [0.29, 0.717) is 5.69 Å². The van der Waals surface area contributed by atoms with Gasteiger partial charge in [0.05, 0.1) is 42.3 Å². The Labute approximate surface area is 188 Å². The molecule has 2 aromatic rings. The number of thiocarbonyl (C=S) groups is 1. The molecule has 1 heterocycles. The molecule has 2 aromatic carbocycles. The summed E-state index contributed by atoms with van der Waals surface area (Å²) in [4.78, 5) is 37.7. The van der Waals surface area contributed by atoms with Crippen molar-refractivity contribution >= 4 is 46.5 Å². The number of anilines is 3. The van der Waals surface area contributed by atoms with Crippen molar-refractivity contribution in [1.82, 2.24) is 5.32 Å². The number of benzene rings is 1. The summed E-state index contributed by atoms with van der Waals surface area (Å²) in [6.45, 7) is 2.27. The first-order valence-corrected chi connectivity index (χ1v) is 10.1. The van der Waals surface area contributed by atoms with Gasteiger partial charge in [0, 0.05) is 6.07 Å². The molecule has 1 atom stereocenters. The number of rotatable bonds is 7. The Morgan fingerprint density at radius 3 is 2.75 bits per heavy atom. The molecule has 0 aromatic heterocycles. The molecule has 1 saturated heterocycles. The van der Waals surface area contributed by atoms with Gasteiger partial charge in [-0.3, -0.25) is 9.69 Å². The fourth-order valence-electron chi connectivity index (χ4n) is 3.01. The molecular weight excluding hydrogens is 439 g/mol. The third-order valence-corrected chi connectivity index (χ3v) is 4.66. The van der Waals surface area contributed by atoms with Gasteiger partial charge in [0.2, 0.25) is 5.43 Å². The number of nitrogens with two attached hydrogens (primary N) is 1. The predicted octanol–water partition coefficient (Wildman–Crippen LogP) is 2.26. The van der Waals surface area contributed by atoms with Gasteiger partial charge in [0.1, 0.15) is 11.9 Å². The van der Waals surface area contributed by atoms with Crippen molar-refractivity contribution < 1.29 is 23.5 Å². The van der Waals surface area contributed by atoms with E-state index in [1.807, 2.05) is 0 Å². The lowest BCUT2D eigenvalue weighted by atomic mass is 10.2. The van der Waals surface area contributed by atoms with Crippen LogP contribution in [0.4, 0.5) is 26.2 Å². The minimum absolute atomic E-state index is 0.0222. The number of hydrogen-bond acceptors (Lipinski definition) is 7. The molecule has 0 saturated carbocycles. The topological polar surface area (TPSA) is 123 Å². The second-order valence-corrected chi connectivity index (χ2v) is 7.21. The number of halogens is 1. The quantitative estimate of drug-likeness (QED) is 0.422. The molecule has 32 heavy (non-hydrogen) atoms. The molecule has 0 bridgehead atoms. The number of ether oxygens (including phenoxy) is 2. The van der Waals surface area contributed by atoms with Gasteiger partial charge in [-0.1, -0.05) is 6.07 Å². The van der Waals surface area contributed by atoms with Gasteiger partial charge in [0.15, 0.2) is 5.11 Å². The van der Waals surface area contributed by atoms with E-state index in [2.05, 4.69) is 10.6 Å². The minimum Gasteiger partial charge on any atom is -0.462 e. The lowest BCUT2D eigenvalue weighted by Crippen LogP contribution is -2.37. The monoisotopic (exact) mass is 460 g/mol. The third-order valence-electron chi connectivity index (χ3n) is 4.51. The Balaban J connectivity index is 1.76. The zero-order chi connectivity index (χ0) is 23.3. The highest BCUT2D eigenvalue weighted by Crippen LogP contribution is 2.27. The van der Waals surface area contributed by atoms with E-state index >= 15 is 0 Å². The van der Waals surface area contributed by atoms with Crippen LogP contribution < -0.4 is 26.7 Å². The van der Waals surface area contributed by atoms with Crippen molar-refractivity contribution in [2.75, 3.05) is 29.9 Å². The maximum atomic E-state index is 14.7. The Morgan fingerprint density at radius 1 is 1.28 bits per heavy atom. The standard InChI is InChI=1S/C21H21FN4O5S/c1-2-30-19(28)12-4-3-5-17(18(27)8-12)25-16-7-6-13(9-15(16)22)26-11-14(31-21(26)29)10-24-20(23)32/h3-9,14H,2,10-11H2,1H3,(H,25,27)(H3,23,24,32)/t14-/m0/s1. The molecule has 0 aliphatic carbocycles. The summed E-state index contributed by atoms with van der Waals surface area (Å²) in [5.41, 5.74) is 5.33. The average molecular weight is 460 g/mol. The summed E-state index contributed by atoms with van der Waals surface area (Å²) in [6, 6.07) is 9.55. The van der Waals surface area contributed by atoms with E-state index in [-0.39, 0.29) is 41.7 Å². The number of hydrogen-bond donors (Lipinski definition) is 3. The fourth-order valence-corrected chi connectivity index (χ4v) is 3.10.